The Morgan fingerprint density at radius 2 is 1.76 bits per heavy atom. The summed E-state index contributed by atoms with van der Waals surface area (Å²) in [5.41, 5.74) is 3.64. The van der Waals surface area contributed by atoms with Gasteiger partial charge in [0.15, 0.2) is 0 Å². The van der Waals surface area contributed by atoms with Gasteiger partial charge in [-0.2, -0.15) is 0 Å². The lowest BCUT2D eigenvalue weighted by Crippen LogP contribution is -2.53. The molecule has 29 heavy (non-hydrogen) atoms. The van der Waals surface area contributed by atoms with Crippen molar-refractivity contribution < 1.29 is 10.2 Å². The zero-order chi connectivity index (χ0) is 21.0. The first-order valence-corrected chi connectivity index (χ1v) is 12.4. The summed E-state index contributed by atoms with van der Waals surface area (Å²) in [6.07, 6.45) is 14.7. The second-order valence-electron chi connectivity index (χ2n) is 11.9. The van der Waals surface area contributed by atoms with Gasteiger partial charge in [0, 0.05) is 0 Å². The molecule has 0 aromatic heterocycles. The van der Waals surface area contributed by atoms with Crippen LogP contribution in [0.3, 0.4) is 0 Å². The fourth-order valence-electron chi connectivity index (χ4n) is 8.37. The molecule has 2 N–H and O–H groups in total. The van der Waals surface area contributed by atoms with Gasteiger partial charge in [0.2, 0.25) is 0 Å². The van der Waals surface area contributed by atoms with E-state index in [-0.39, 0.29) is 23.5 Å². The third kappa shape index (κ3) is 3.57. The van der Waals surface area contributed by atoms with E-state index in [0.717, 1.165) is 31.1 Å². The highest BCUT2D eigenvalue weighted by Crippen LogP contribution is 2.66. The van der Waals surface area contributed by atoms with Crippen molar-refractivity contribution in [3.05, 3.63) is 23.3 Å². The van der Waals surface area contributed by atoms with Crippen LogP contribution < -0.4 is 0 Å². The molecule has 0 radical (unpaired) electrons. The fourth-order valence-corrected chi connectivity index (χ4v) is 8.37. The fraction of sp³-hybridized carbons (Fsp3) is 0.852. The van der Waals surface area contributed by atoms with Crippen molar-refractivity contribution in [3.63, 3.8) is 0 Å². The van der Waals surface area contributed by atoms with E-state index in [4.69, 9.17) is 0 Å². The van der Waals surface area contributed by atoms with Crippen molar-refractivity contribution >= 4 is 0 Å². The molecule has 2 unspecified atom stereocenters. The Labute approximate surface area is 178 Å². The van der Waals surface area contributed by atoms with E-state index in [9.17, 15) is 10.2 Å². The van der Waals surface area contributed by atoms with Crippen LogP contribution in [-0.4, -0.2) is 22.4 Å². The van der Waals surface area contributed by atoms with E-state index in [1.165, 1.54) is 44.1 Å². The summed E-state index contributed by atoms with van der Waals surface area (Å²) in [7, 11) is 0. The van der Waals surface area contributed by atoms with Gasteiger partial charge in [-0.3, -0.25) is 0 Å². The van der Waals surface area contributed by atoms with Crippen molar-refractivity contribution in [1.82, 2.24) is 0 Å². The number of rotatable bonds is 4. The molecule has 0 heterocycles. The summed E-state index contributed by atoms with van der Waals surface area (Å²) in [5, 5.41) is 21.3. The quantitative estimate of drug-likeness (QED) is 0.545. The number of hydrogen-bond donors (Lipinski definition) is 2. The van der Waals surface area contributed by atoms with E-state index in [1.54, 1.807) is 5.57 Å². The van der Waals surface area contributed by atoms with E-state index < -0.39 is 0 Å². The SMILES string of the molecule is CC(C)=CCC[C@@H](C)[C@H]1CCC2C3=C[C@H](O)[C@H]4C[C@@H](O)CC[C@]4(C)C3CC[C@@]21C. The van der Waals surface area contributed by atoms with Crippen molar-refractivity contribution in [2.24, 2.45) is 40.4 Å². The molecule has 164 valence electrons. The Morgan fingerprint density at radius 3 is 2.48 bits per heavy atom. The monoisotopic (exact) mass is 400 g/mol. The lowest BCUT2D eigenvalue weighted by molar-refractivity contribution is -0.0835. The van der Waals surface area contributed by atoms with Crippen LogP contribution >= 0.6 is 0 Å². The number of allylic oxidation sites excluding steroid dienone is 3. The molecule has 0 spiro atoms. The van der Waals surface area contributed by atoms with Gasteiger partial charge in [0.05, 0.1) is 12.2 Å². The number of aliphatic hydroxyl groups is 2. The first-order valence-electron chi connectivity index (χ1n) is 12.4. The lowest BCUT2D eigenvalue weighted by Gasteiger charge is -2.58. The van der Waals surface area contributed by atoms with Gasteiger partial charge in [0.25, 0.3) is 0 Å². The molecule has 9 atom stereocenters. The first kappa shape index (κ1) is 21.6. The third-order valence-electron chi connectivity index (χ3n) is 10.0. The summed E-state index contributed by atoms with van der Waals surface area (Å²) in [4.78, 5) is 0. The van der Waals surface area contributed by atoms with Crippen LogP contribution in [0.1, 0.15) is 92.4 Å². The molecule has 4 rings (SSSR count). The van der Waals surface area contributed by atoms with Gasteiger partial charge in [-0.15, -0.1) is 0 Å². The Kier molecular flexibility index (Phi) is 5.84. The van der Waals surface area contributed by atoms with Gasteiger partial charge in [-0.1, -0.05) is 44.1 Å². The smallest absolute Gasteiger partial charge is 0.0758 e. The standard InChI is InChI=1S/C27H44O2/c1-17(2)7-6-8-18(3)21-9-10-22-20-16-25(29)24-15-19(28)11-13-27(24,5)23(20)12-14-26(21,22)4/h7,16,18-19,21-25,28-29H,6,8-15H2,1-5H3/t18-,19+,21-,22?,23?,24-,25+,26-,27-/m1/s1. The molecule has 4 aliphatic rings. The Bertz CT molecular complexity index is 674. The van der Waals surface area contributed by atoms with Gasteiger partial charge < -0.3 is 10.2 Å². The molecule has 0 amide bonds. The molecule has 3 saturated carbocycles. The molecular weight excluding hydrogens is 356 g/mol. The zero-order valence-corrected chi connectivity index (χ0v) is 19.5. The van der Waals surface area contributed by atoms with Gasteiger partial charge in [-0.05, 0) is 112 Å². The minimum Gasteiger partial charge on any atom is -0.393 e. The Hall–Kier alpha value is -0.600. The number of aliphatic hydroxyl groups excluding tert-OH is 2. The summed E-state index contributed by atoms with van der Waals surface area (Å²) in [6, 6.07) is 0. The van der Waals surface area contributed by atoms with Crippen molar-refractivity contribution in [2.75, 3.05) is 0 Å². The molecule has 0 bridgehead atoms. The Morgan fingerprint density at radius 1 is 1.07 bits per heavy atom. The van der Waals surface area contributed by atoms with E-state index in [1.807, 2.05) is 0 Å². The predicted octanol–water partition coefficient (Wildman–Crippen LogP) is 6.28. The molecule has 0 aromatic rings. The van der Waals surface area contributed by atoms with Gasteiger partial charge in [-0.25, -0.2) is 0 Å². The van der Waals surface area contributed by atoms with Gasteiger partial charge >= 0.3 is 0 Å². The van der Waals surface area contributed by atoms with Crippen LogP contribution in [0, 0.1) is 40.4 Å². The molecule has 4 aliphatic carbocycles. The molecule has 2 nitrogen and oxygen atoms in total. The highest BCUT2D eigenvalue weighted by atomic mass is 16.3. The maximum Gasteiger partial charge on any atom is 0.0758 e. The first-order chi connectivity index (χ1) is 13.7. The number of hydrogen-bond acceptors (Lipinski definition) is 2. The minimum atomic E-state index is -0.363. The molecule has 0 saturated heterocycles. The average Bonchev–Trinajstić information content (AvgIpc) is 3.00. The van der Waals surface area contributed by atoms with Crippen molar-refractivity contribution in [1.29, 1.82) is 0 Å². The summed E-state index contributed by atoms with van der Waals surface area (Å²) in [6.45, 7) is 11.9. The minimum absolute atomic E-state index is 0.178. The summed E-state index contributed by atoms with van der Waals surface area (Å²) in [5.74, 6) is 3.12. The van der Waals surface area contributed by atoms with Crippen LogP contribution in [0.15, 0.2) is 23.3 Å². The molecule has 2 heteroatoms. The lowest BCUT2D eigenvalue weighted by atomic mass is 9.47. The second-order valence-corrected chi connectivity index (χ2v) is 11.9. The van der Waals surface area contributed by atoms with Crippen LogP contribution in [-0.2, 0) is 0 Å². The topological polar surface area (TPSA) is 40.5 Å². The molecule has 0 aliphatic heterocycles. The van der Waals surface area contributed by atoms with Gasteiger partial charge in [0.1, 0.15) is 0 Å². The van der Waals surface area contributed by atoms with Crippen molar-refractivity contribution in [3.8, 4) is 0 Å². The molecular formula is C27H44O2. The highest BCUT2D eigenvalue weighted by Gasteiger charge is 2.59. The normalized spacial score (nSPS) is 47.5. The molecule has 0 aromatic carbocycles. The van der Waals surface area contributed by atoms with E-state index in [0.29, 0.717) is 17.3 Å². The zero-order valence-electron chi connectivity index (χ0n) is 19.5. The summed E-state index contributed by atoms with van der Waals surface area (Å²) >= 11 is 0. The second kappa shape index (κ2) is 7.83. The predicted molar refractivity (Wildman–Crippen MR) is 120 cm³/mol. The largest absolute Gasteiger partial charge is 0.393 e. The highest BCUT2D eigenvalue weighted by molar-refractivity contribution is 5.29. The number of fused-ring (bicyclic) bond motifs is 5. The van der Waals surface area contributed by atoms with E-state index in [2.05, 4.69) is 46.8 Å². The Balaban J connectivity index is 1.56. The maximum absolute atomic E-state index is 11.1. The maximum atomic E-state index is 11.1. The van der Waals surface area contributed by atoms with Crippen LogP contribution in [0.4, 0.5) is 0 Å². The van der Waals surface area contributed by atoms with Crippen LogP contribution in [0.25, 0.3) is 0 Å². The van der Waals surface area contributed by atoms with Crippen molar-refractivity contribution in [2.45, 2.75) is 105 Å². The van der Waals surface area contributed by atoms with E-state index >= 15 is 0 Å². The van der Waals surface area contributed by atoms with Crippen LogP contribution in [0.5, 0.6) is 0 Å². The summed E-state index contributed by atoms with van der Waals surface area (Å²) < 4.78 is 0. The average molecular weight is 401 g/mol. The van der Waals surface area contributed by atoms with Crippen LogP contribution in [0.2, 0.25) is 0 Å². The molecule has 3 fully saturated rings. The third-order valence-corrected chi connectivity index (χ3v) is 10.0.